The number of rotatable bonds is 1. The molecule has 0 aromatic rings. The number of esters is 1. The van der Waals surface area contributed by atoms with Crippen molar-refractivity contribution < 1.29 is 14.3 Å². The van der Waals surface area contributed by atoms with Crippen LogP contribution in [-0.2, 0) is 14.3 Å². The van der Waals surface area contributed by atoms with Crippen molar-refractivity contribution in [3.05, 3.63) is 0 Å². The van der Waals surface area contributed by atoms with Crippen LogP contribution >= 0.6 is 0 Å². The molecule has 4 bridgehead atoms. The first-order valence-corrected chi connectivity index (χ1v) is 9.41. The van der Waals surface area contributed by atoms with E-state index in [2.05, 4.69) is 39.5 Å². The highest BCUT2D eigenvalue weighted by molar-refractivity contribution is 5.96. The summed E-state index contributed by atoms with van der Waals surface area (Å²) in [6, 6.07) is 0.294. The fourth-order valence-electron chi connectivity index (χ4n) is 6.65. The zero-order valence-corrected chi connectivity index (χ0v) is 16.0. The van der Waals surface area contributed by atoms with Gasteiger partial charge in [0, 0.05) is 18.0 Å². The van der Waals surface area contributed by atoms with Crippen molar-refractivity contribution in [1.82, 2.24) is 4.90 Å². The number of likely N-dealkylation sites (tertiary alicyclic amines) is 1. The topological polar surface area (TPSA) is 46.6 Å². The highest BCUT2D eigenvalue weighted by Crippen LogP contribution is 2.66. The number of amides is 1. The van der Waals surface area contributed by atoms with Crippen LogP contribution in [0.3, 0.4) is 0 Å². The molecule has 0 radical (unpaired) electrons. The van der Waals surface area contributed by atoms with Gasteiger partial charge in [-0.2, -0.15) is 0 Å². The molecule has 0 N–H and O–H groups in total. The third-order valence-electron chi connectivity index (χ3n) is 8.10. The zero-order valence-electron chi connectivity index (χ0n) is 16.0. The Hall–Kier alpha value is -1.06. The predicted octanol–water partition coefficient (Wildman–Crippen LogP) is 3.54. The number of hydrogen-bond acceptors (Lipinski definition) is 3. The normalized spacial score (nSPS) is 47.8. The van der Waals surface area contributed by atoms with Crippen molar-refractivity contribution in [3.8, 4) is 0 Å². The van der Waals surface area contributed by atoms with Crippen molar-refractivity contribution >= 4 is 11.9 Å². The Morgan fingerprint density at radius 1 is 1.08 bits per heavy atom. The summed E-state index contributed by atoms with van der Waals surface area (Å²) < 4.78 is 5.84. The molecule has 4 aliphatic rings. The summed E-state index contributed by atoms with van der Waals surface area (Å²) in [6.45, 7) is 13.8. The maximum atomic E-state index is 13.7. The molecular formula is C20H31NO3. The summed E-state index contributed by atoms with van der Waals surface area (Å²) in [5, 5.41) is 0. The minimum atomic E-state index is -0.948. The highest BCUT2D eigenvalue weighted by atomic mass is 16.6. The third-order valence-corrected chi connectivity index (χ3v) is 8.10. The van der Waals surface area contributed by atoms with Gasteiger partial charge in [0.2, 0.25) is 0 Å². The molecule has 0 spiro atoms. The Balaban J connectivity index is 1.70. The SMILES string of the molecule is CC1(C)C[C@H]2C[C@@](C)(CN2C(=O)[C@]23CC[C@](C)(C(=O)O2)C3(C)C)C1. The first-order chi connectivity index (χ1) is 10.9. The van der Waals surface area contributed by atoms with E-state index in [-0.39, 0.29) is 22.7 Å². The Kier molecular flexibility index (Phi) is 2.86. The van der Waals surface area contributed by atoms with Crippen molar-refractivity contribution in [2.24, 2.45) is 21.7 Å². The number of fused-ring (bicyclic) bond motifs is 4. The predicted molar refractivity (Wildman–Crippen MR) is 91.2 cm³/mol. The second-order valence-corrected chi connectivity index (χ2v) is 10.8. The van der Waals surface area contributed by atoms with Crippen LogP contribution in [0.5, 0.6) is 0 Å². The molecule has 2 saturated carbocycles. The molecule has 4 rings (SSSR count). The van der Waals surface area contributed by atoms with Gasteiger partial charge >= 0.3 is 5.97 Å². The van der Waals surface area contributed by atoms with E-state index < -0.39 is 16.4 Å². The van der Waals surface area contributed by atoms with E-state index in [9.17, 15) is 9.59 Å². The summed E-state index contributed by atoms with van der Waals surface area (Å²) >= 11 is 0. The van der Waals surface area contributed by atoms with Crippen molar-refractivity contribution in [3.63, 3.8) is 0 Å². The molecule has 0 aromatic carbocycles. The fourth-order valence-corrected chi connectivity index (χ4v) is 6.65. The Morgan fingerprint density at radius 2 is 1.75 bits per heavy atom. The molecule has 1 amide bonds. The molecular weight excluding hydrogens is 302 g/mol. The fraction of sp³-hybridized carbons (Fsp3) is 0.900. The smallest absolute Gasteiger partial charge is 0.313 e. The lowest BCUT2D eigenvalue weighted by Crippen LogP contribution is -2.56. The third kappa shape index (κ3) is 1.70. The van der Waals surface area contributed by atoms with Gasteiger partial charge in [-0.3, -0.25) is 9.59 Å². The molecule has 2 heterocycles. The first kappa shape index (κ1) is 16.4. The van der Waals surface area contributed by atoms with E-state index in [1.165, 1.54) is 0 Å². The van der Waals surface area contributed by atoms with Crippen LogP contribution in [0.4, 0.5) is 0 Å². The van der Waals surface area contributed by atoms with Crippen molar-refractivity contribution in [1.29, 1.82) is 0 Å². The lowest BCUT2D eigenvalue weighted by molar-refractivity contribution is -0.174. The van der Waals surface area contributed by atoms with Gasteiger partial charge in [0.15, 0.2) is 5.60 Å². The van der Waals surface area contributed by atoms with E-state index in [1.54, 1.807) is 0 Å². The van der Waals surface area contributed by atoms with Gasteiger partial charge in [-0.15, -0.1) is 0 Å². The van der Waals surface area contributed by atoms with E-state index in [0.717, 1.165) is 32.2 Å². The van der Waals surface area contributed by atoms with E-state index in [1.807, 2.05) is 6.92 Å². The lowest BCUT2D eigenvalue weighted by atomic mass is 9.65. The summed E-state index contributed by atoms with van der Waals surface area (Å²) in [5.41, 5.74) is -1.44. The van der Waals surface area contributed by atoms with Crippen LogP contribution in [0.15, 0.2) is 0 Å². The summed E-state index contributed by atoms with van der Waals surface area (Å²) in [6.07, 6.45) is 4.73. The van der Waals surface area contributed by atoms with Gasteiger partial charge < -0.3 is 9.64 Å². The molecule has 2 aliphatic carbocycles. The van der Waals surface area contributed by atoms with Crippen LogP contribution in [0.25, 0.3) is 0 Å². The molecule has 2 aliphatic heterocycles. The largest absolute Gasteiger partial charge is 0.448 e. The van der Waals surface area contributed by atoms with Gasteiger partial charge in [0.25, 0.3) is 5.91 Å². The van der Waals surface area contributed by atoms with Crippen LogP contribution in [0.1, 0.15) is 73.6 Å². The number of ether oxygens (including phenoxy) is 1. The molecule has 134 valence electrons. The van der Waals surface area contributed by atoms with E-state index in [4.69, 9.17) is 4.74 Å². The van der Waals surface area contributed by atoms with Crippen molar-refractivity contribution in [2.45, 2.75) is 85.3 Å². The van der Waals surface area contributed by atoms with E-state index >= 15 is 0 Å². The van der Waals surface area contributed by atoms with Gasteiger partial charge in [-0.05, 0) is 49.9 Å². The molecule has 4 heteroatoms. The first-order valence-electron chi connectivity index (χ1n) is 9.41. The van der Waals surface area contributed by atoms with E-state index in [0.29, 0.717) is 12.5 Å². The number of nitrogens with zero attached hydrogens (tertiary/aromatic N) is 1. The van der Waals surface area contributed by atoms with Gasteiger partial charge in [0.05, 0.1) is 5.41 Å². The monoisotopic (exact) mass is 333 g/mol. The van der Waals surface area contributed by atoms with Crippen LogP contribution < -0.4 is 0 Å². The maximum absolute atomic E-state index is 13.7. The van der Waals surface area contributed by atoms with Crippen LogP contribution in [-0.4, -0.2) is 35.0 Å². The lowest BCUT2D eigenvalue weighted by Gasteiger charge is -2.41. The Bertz CT molecular complexity index is 639. The van der Waals surface area contributed by atoms with Crippen LogP contribution in [0, 0.1) is 21.7 Å². The molecule has 0 unspecified atom stereocenters. The second-order valence-electron chi connectivity index (χ2n) is 10.8. The van der Waals surface area contributed by atoms with Gasteiger partial charge in [0.1, 0.15) is 0 Å². The Morgan fingerprint density at radius 3 is 2.29 bits per heavy atom. The zero-order chi connectivity index (χ0) is 17.8. The van der Waals surface area contributed by atoms with Crippen molar-refractivity contribution in [2.75, 3.05) is 6.54 Å². The van der Waals surface area contributed by atoms with Crippen LogP contribution in [0.2, 0.25) is 0 Å². The highest BCUT2D eigenvalue weighted by Gasteiger charge is 2.76. The maximum Gasteiger partial charge on any atom is 0.313 e. The quantitative estimate of drug-likeness (QED) is 0.690. The van der Waals surface area contributed by atoms with Gasteiger partial charge in [-0.25, -0.2) is 0 Å². The molecule has 4 atom stereocenters. The second kappa shape index (κ2) is 4.19. The molecule has 4 nitrogen and oxygen atoms in total. The minimum absolute atomic E-state index is 0.0773. The molecule has 4 fully saturated rings. The number of carbonyl (C=O) groups is 2. The average Bonchev–Trinajstić information content (AvgIpc) is 2.86. The van der Waals surface area contributed by atoms with Gasteiger partial charge in [-0.1, -0.05) is 34.6 Å². The number of carbonyl (C=O) groups excluding carboxylic acids is 2. The Labute approximate surface area is 145 Å². The minimum Gasteiger partial charge on any atom is -0.448 e. The molecule has 0 aromatic heterocycles. The number of hydrogen-bond donors (Lipinski definition) is 0. The summed E-state index contributed by atoms with van der Waals surface area (Å²) in [7, 11) is 0. The standard InChI is InChI=1S/C20H31NO3/c1-16(2)9-13-10-18(5,11-16)12-21(13)14(22)20-8-7-19(6,15(23)24-20)17(20,3)4/h13H,7-12H2,1-6H3/t13-,18+,19+,20-/m0/s1. The molecule has 24 heavy (non-hydrogen) atoms. The molecule has 2 saturated heterocycles. The summed E-state index contributed by atoms with van der Waals surface area (Å²) in [5.74, 6) is -0.102. The summed E-state index contributed by atoms with van der Waals surface area (Å²) in [4.78, 5) is 28.3. The average molecular weight is 333 g/mol.